The summed E-state index contributed by atoms with van der Waals surface area (Å²) in [5.74, 6) is -0.540. The lowest BCUT2D eigenvalue weighted by Gasteiger charge is -2.32. The molecule has 2 amide bonds. The topological polar surface area (TPSA) is 85.4 Å². The molecule has 0 spiro atoms. The molecule has 9 nitrogen and oxygen atoms in total. The number of hydrogen-bond donors (Lipinski definition) is 1. The highest BCUT2D eigenvalue weighted by molar-refractivity contribution is 6.37. The van der Waals surface area contributed by atoms with Crippen molar-refractivity contribution in [3.8, 4) is 0 Å². The van der Waals surface area contributed by atoms with E-state index in [0.29, 0.717) is 36.5 Å². The number of nitrogens with zero attached hydrogens (tertiary/aromatic N) is 4. The monoisotopic (exact) mass is 565 g/mol. The van der Waals surface area contributed by atoms with Crippen LogP contribution in [0.15, 0.2) is 66.7 Å². The second kappa shape index (κ2) is 11.4. The van der Waals surface area contributed by atoms with Crippen molar-refractivity contribution in [3.63, 3.8) is 0 Å². The number of anilines is 2. The van der Waals surface area contributed by atoms with Gasteiger partial charge in [-0.3, -0.25) is 14.5 Å². The van der Waals surface area contributed by atoms with E-state index in [1.807, 2.05) is 53.2 Å². The van der Waals surface area contributed by atoms with E-state index in [2.05, 4.69) is 34.3 Å². The number of hydrogen-bond acceptors (Lipinski definition) is 7. The van der Waals surface area contributed by atoms with Gasteiger partial charge in [0.1, 0.15) is 0 Å². The Morgan fingerprint density at radius 2 is 1.64 bits per heavy atom. The Hall–Kier alpha value is -4.47. The normalized spacial score (nSPS) is 17.9. The molecule has 1 N–H and O–H groups in total. The van der Waals surface area contributed by atoms with Crippen LogP contribution in [0.3, 0.4) is 0 Å². The van der Waals surface area contributed by atoms with Crippen LogP contribution in [-0.2, 0) is 27.4 Å². The van der Waals surface area contributed by atoms with E-state index in [0.717, 1.165) is 59.8 Å². The maximum atomic E-state index is 13.5. The van der Waals surface area contributed by atoms with Gasteiger partial charge in [0.05, 0.1) is 36.2 Å². The van der Waals surface area contributed by atoms with Crippen LogP contribution in [0.2, 0.25) is 0 Å². The first-order valence-corrected chi connectivity index (χ1v) is 14.2. The summed E-state index contributed by atoms with van der Waals surface area (Å²) in [6.45, 7) is 5.42. The van der Waals surface area contributed by atoms with E-state index in [9.17, 15) is 14.4 Å². The summed E-state index contributed by atoms with van der Waals surface area (Å²) < 4.78 is 4.86. The van der Waals surface area contributed by atoms with Crippen LogP contribution in [0.25, 0.3) is 11.3 Å². The molecule has 3 heterocycles. The van der Waals surface area contributed by atoms with Crippen LogP contribution in [-0.4, -0.2) is 86.4 Å². The minimum Gasteiger partial charge on any atom is -0.465 e. The number of amides is 2. The number of piperazine rings is 1. The summed E-state index contributed by atoms with van der Waals surface area (Å²) in [6.07, 6.45) is 0. The third-order valence-electron chi connectivity index (χ3n) is 8.41. The molecular formula is C33H35N5O4. The minimum absolute atomic E-state index is 0.156. The zero-order valence-corrected chi connectivity index (χ0v) is 24.2. The second-order valence-corrected chi connectivity index (χ2v) is 11.1. The van der Waals surface area contributed by atoms with Crippen molar-refractivity contribution < 1.29 is 19.1 Å². The summed E-state index contributed by atoms with van der Waals surface area (Å²) in [6, 6.07) is 21.2. The molecular weight excluding hydrogens is 530 g/mol. The Balaban J connectivity index is 1.30. The smallest absolute Gasteiger partial charge is 0.337 e. The quantitative estimate of drug-likeness (QED) is 0.362. The van der Waals surface area contributed by atoms with Crippen molar-refractivity contribution in [2.45, 2.75) is 13.1 Å². The molecule has 0 aromatic heterocycles. The van der Waals surface area contributed by atoms with Gasteiger partial charge in [0.2, 0.25) is 5.91 Å². The molecule has 3 aliphatic heterocycles. The number of methoxy groups -OCH3 is 1. The SMILES string of the molecule is COC(=O)c1ccc2c(c1)NC(=O)C2=C(c1ccccc1)N(C)c1ccc2c(c1)CN(C(=O)CN1CCN(C)CC1)C2. The number of rotatable bonds is 6. The molecule has 6 rings (SSSR count). The average molecular weight is 566 g/mol. The molecule has 0 aliphatic carbocycles. The van der Waals surface area contributed by atoms with Gasteiger partial charge in [-0.15, -0.1) is 0 Å². The number of carbonyl (C=O) groups excluding carboxylic acids is 3. The largest absolute Gasteiger partial charge is 0.465 e. The summed E-state index contributed by atoms with van der Waals surface area (Å²) >= 11 is 0. The molecule has 0 saturated carbocycles. The maximum Gasteiger partial charge on any atom is 0.337 e. The molecule has 0 atom stereocenters. The van der Waals surface area contributed by atoms with Gasteiger partial charge in [-0.2, -0.15) is 0 Å². The molecule has 1 fully saturated rings. The first-order chi connectivity index (χ1) is 20.3. The molecule has 1 saturated heterocycles. The highest BCUT2D eigenvalue weighted by atomic mass is 16.5. The van der Waals surface area contributed by atoms with Crippen LogP contribution < -0.4 is 10.2 Å². The van der Waals surface area contributed by atoms with Crippen molar-refractivity contribution in [1.82, 2.24) is 14.7 Å². The van der Waals surface area contributed by atoms with Gasteiger partial charge in [0, 0.05) is 57.6 Å². The van der Waals surface area contributed by atoms with Crippen LogP contribution in [0, 0.1) is 0 Å². The molecule has 9 heteroatoms. The number of ether oxygens (including phenoxy) is 1. The summed E-state index contributed by atoms with van der Waals surface area (Å²) in [7, 11) is 5.40. The number of carbonyl (C=O) groups is 3. The van der Waals surface area contributed by atoms with E-state index >= 15 is 0 Å². The van der Waals surface area contributed by atoms with Gasteiger partial charge in [-0.05, 0) is 48.0 Å². The Morgan fingerprint density at radius 3 is 2.38 bits per heavy atom. The number of nitrogens with one attached hydrogen (secondary N) is 1. The fourth-order valence-electron chi connectivity index (χ4n) is 5.95. The summed E-state index contributed by atoms with van der Waals surface area (Å²) in [4.78, 5) is 47.2. The van der Waals surface area contributed by atoms with E-state index in [1.165, 1.54) is 7.11 Å². The van der Waals surface area contributed by atoms with E-state index in [-0.39, 0.29) is 11.8 Å². The number of benzene rings is 3. The molecule has 0 bridgehead atoms. The first kappa shape index (κ1) is 27.7. The Labute approximate surface area is 245 Å². The van der Waals surface area contributed by atoms with E-state index < -0.39 is 5.97 Å². The zero-order chi connectivity index (χ0) is 29.4. The highest BCUT2D eigenvalue weighted by Crippen LogP contribution is 2.40. The summed E-state index contributed by atoms with van der Waals surface area (Å²) in [5, 5.41) is 2.94. The fraction of sp³-hybridized carbons (Fsp3) is 0.303. The number of fused-ring (bicyclic) bond motifs is 2. The molecule has 216 valence electrons. The molecule has 0 radical (unpaired) electrons. The Kier molecular flexibility index (Phi) is 7.53. The zero-order valence-electron chi connectivity index (χ0n) is 24.2. The fourth-order valence-corrected chi connectivity index (χ4v) is 5.95. The van der Waals surface area contributed by atoms with Gasteiger partial charge in [-0.1, -0.05) is 42.5 Å². The Bertz CT molecular complexity index is 1580. The van der Waals surface area contributed by atoms with Crippen LogP contribution in [0.4, 0.5) is 11.4 Å². The molecule has 0 unspecified atom stereocenters. The third kappa shape index (κ3) is 5.29. The van der Waals surface area contributed by atoms with Crippen molar-refractivity contribution in [2.75, 3.05) is 64.1 Å². The number of likely N-dealkylation sites (N-methyl/N-ethyl adjacent to an activating group) is 1. The lowest BCUT2D eigenvalue weighted by molar-refractivity contribution is -0.133. The maximum absolute atomic E-state index is 13.5. The molecule has 42 heavy (non-hydrogen) atoms. The van der Waals surface area contributed by atoms with E-state index in [4.69, 9.17) is 4.74 Å². The standard InChI is InChI=1S/C33H35N5O4/c1-35-13-15-37(16-14-35)21-29(39)38-19-24-9-11-26(17-25(24)20-38)36(2)31(22-7-5-4-6-8-22)30-27-12-10-23(33(41)42-3)18-28(27)34-32(30)40/h4-12,17-18H,13-16,19-21H2,1-3H3,(H,34,40). The third-order valence-corrected chi connectivity index (χ3v) is 8.41. The van der Waals surface area contributed by atoms with Crippen molar-refractivity contribution in [3.05, 3.63) is 94.5 Å². The van der Waals surface area contributed by atoms with Gasteiger partial charge in [0.25, 0.3) is 5.91 Å². The van der Waals surface area contributed by atoms with Crippen molar-refractivity contribution >= 4 is 40.4 Å². The molecule has 3 aliphatic rings. The van der Waals surface area contributed by atoms with Gasteiger partial charge in [-0.25, -0.2) is 4.79 Å². The van der Waals surface area contributed by atoms with Crippen LogP contribution in [0.1, 0.15) is 32.6 Å². The van der Waals surface area contributed by atoms with Gasteiger partial charge in [0.15, 0.2) is 0 Å². The van der Waals surface area contributed by atoms with Crippen molar-refractivity contribution in [2.24, 2.45) is 0 Å². The van der Waals surface area contributed by atoms with Gasteiger partial charge >= 0.3 is 5.97 Å². The van der Waals surface area contributed by atoms with Crippen molar-refractivity contribution in [1.29, 1.82) is 0 Å². The number of esters is 1. The first-order valence-electron chi connectivity index (χ1n) is 14.2. The summed E-state index contributed by atoms with van der Waals surface area (Å²) in [5.41, 5.74) is 7.01. The second-order valence-electron chi connectivity index (χ2n) is 11.1. The molecule has 3 aromatic carbocycles. The molecule has 3 aromatic rings. The predicted molar refractivity (Wildman–Crippen MR) is 163 cm³/mol. The van der Waals surface area contributed by atoms with Gasteiger partial charge < -0.3 is 24.8 Å². The Morgan fingerprint density at radius 1 is 0.905 bits per heavy atom. The van der Waals surface area contributed by atoms with Crippen LogP contribution in [0.5, 0.6) is 0 Å². The lowest BCUT2D eigenvalue weighted by atomic mass is 9.98. The van der Waals surface area contributed by atoms with Crippen LogP contribution >= 0.6 is 0 Å². The average Bonchev–Trinajstić information content (AvgIpc) is 3.58. The van der Waals surface area contributed by atoms with E-state index in [1.54, 1.807) is 18.2 Å². The predicted octanol–water partition coefficient (Wildman–Crippen LogP) is 3.52. The minimum atomic E-state index is -0.459. The lowest BCUT2D eigenvalue weighted by Crippen LogP contribution is -2.48. The highest BCUT2D eigenvalue weighted by Gasteiger charge is 2.32.